The van der Waals surface area contributed by atoms with Crippen molar-refractivity contribution in [2.24, 2.45) is 5.92 Å². The van der Waals surface area contributed by atoms with Gasteiger partial charge in [0.1, 0.15) is 6.29 Å². The summed E-state index contributed by atoms with van der Waals surface area (Å²) in [5.74, 6) is 0.628. The lowest BCUT2D eigenvalue weighted by atomic mass is 9.91. The first kappa shape index (κ1) is 10.6. The summed E-state index contributed by atoms with van der Waals surface area (Å²) in [7, 11) is 0. The largest absolute Gasteiger partial charge is 0.303 e. The van der Waals surface area contributed by atoms with Crippen molar-refractivity contribution in [1.82, 2.24) is 0 Å². The van der Waals surface area contributed by atoms with Gasteiger partial charge in [0.2, 0.25) is 5.75 Å². The Hall–Kier alpha value is -0.370. The van der Waals surface area contributed by atoms with E-state index < -0.39 is 0 Å². The molecule has 0 saturated heterocycles. The third kappa shape index (κ3) is 6.05. The summed E-state index contributed by atoms with van der Waals surface area (Å²) in [5, 5.41) is 0. The van der Waals surface area contributed by atoms with Crippen LogP contribution in [0.3, 0.4) is 0 Å². The molecule has 1 aliphatic rings. The van der Waals surface area contributed by atoms with Gasteiger partial charge >= 0.3 is 0 Å². The van der Waals surface area contributed by atoms with E-state index in [0.717, 1.165) is 19.1 Å². The van der Waals surface area contributed by atoms with E-state index in [1.165, 1.54) is 19.3 Å². The van der Waals surface area contributed by atoms with Crippen molar-refractivity contribution in [2.45, 2.75) is 32.1 Å². The summed E-state index contributed by atoms with van der Waals surface area (Å²) in [6, 6.07) is 0. The minimum atomic E-state index is 0.222. The van der Waals surface area contributed by atoms with E-state index >= 15 is 0 Å². The molecule has 0 amide bonds. The predicted molar refractivity (Wildman–Crippen MR) is 45.2 cm³/mol. The van der Waals surface area contributed by atoms with Crippen molar-refractivity contribution in [3.8, 4) is 0 Å². The molecule has 1 fully saturated rings. The maximum absolute atomic E-state index is 10.2. The van der Waals surface area contributed by atoms with Crippen molar-refractivity contribution in [3.05, 3.63) is 0 Å². The average Bonchev–Trinajstić information content (AvgIpc) is 2.08. The first-order chi connectivity index (χ1) is 5.35. The zero-order valence-corrected chi connectivity index (χ0v) is 7.22. The lowest BCUT2D eigenvalue weighted by molar-refractivity contribution is -0.111. The molecule has 0 unspecified atom stereocenters. The van der Waals surface area contributed by atoms with Crippen molar-refractivity contribution in [2.75, 3.05) is 0 Å². The van der Waals surface area contributed by atoms with Crippen LogP contribution in [-0.4, -0.2) is 12.0 Å². The molecule has 1 aliphatic carbocycles. The summed E-state index contributed by atoms with van der Waals surface area (Å²) >= 11 is 4.32. The van der Waals surface area contributed by atoms with Gasteiger partial charge in [0.15, 0.2) is 0 Å². The summed E-state index contributed by atoms with van der Waals surface area (Å²) in [5.41, 5.74) is 0. The van der Waals surface area contributed by atoms with Crippen LogP contribution in [0.2, 0.25) is 0 Å². The van der Waals surface area contributed by atoms with Crippen LogP contribution in [0.25, 0.3) is 0 Å². The minimum absolute atomic E-state index is 0.222. The molecule has 0 aliphatic heterocycles. The molecule has 0 heterocycles. The fourth-order valence-electron chi connectivity index (χ4n) is 1.27. The van der Waals surface area contributed by atoms with E-state index in [2.05, 4.69) is 11.6 Å². The highest BCUT2D eigenvalue weighted by Crippen LogP contribution is 2.21. The Morgan fingerprint density at radius 2 is 1.55 bits per heavy atom. The second-order valence-corrected chi connectivity index (χ2v) is 2.80. The SMILES string of the molecule is O=CC1CCCCC1.O=CCl. The maximum atomic E-state index is 10.2. The quantitative estimate of drug-likeness (QED) is 0.453. The molecule has 1 saturated carbocycles. The lowest BCUT2D eigenvalue weighted by Crippen LogP contribution is -2.06. The summed E-state index contributed by atoms with van der Waals surface area (Å²) in [6.45, 7) is 0. The van der Waals surface area contributed by atoms with Crippen molar-refractivity contribution >= 4 is 23.6 Å². The normalized spacial score (nSPS) is 17.9. The molecule has 0 spiro atoms. The number of carbonyl (C=O) groups is 2. The maximum Gasteiger partial charge on any atom is 0.208 e. The van der Waals surface area contributed by atoms with Crippen molar-refractivity contribution in [3.63, 3.8) is 0 Å². The van der Waals surface area contributed by atoms with Gasteiger partial charge in [0.25, 0.3) is 0 Å². The van der Waals surface area contributed by atoms with Crippen molar-refractivity contribution < 1.29 is 9.59 Å². The molecule has 0 atom stereocenters. The molecule has 0 aromatic heterocycles. The average molecular weight is 177 g/mol. The van der Waals surface area contributed by atoms with E-state index in [0.29, 0.717) is 5.92 Å². The van der Waals surface area contributed by atoms with Crippen LogP contribution in [0.1, 0.15) is 32.1 Å². The number of halogens is 1. The van der Waals surface area contributed by atoms with Crippen molar-refractivity contribution in [1.29, 1.82) is 0 Å². The molecular weight excluding hydrogens is 164 g/mol. The first-order valence-electron chi connectivity index (χ1n) is 3.84. The summed E-state index contributed by atoms with van der Waals surface area (Å²) in [6.07, 6.45) is 7.27. The molecule has 64 valence electrons. The van der Waals surface area contributed by atoms with E-state index in [1.54, 1.807) is 0 Å². The van der Waals surface area contributed by atoms with E-state index in [4.69, 9.17) is 4.79 Å². The third-order valence-electron chi connectivity index (χ3n) is 1.84. The molecule has 3 heteroatoms. The molecule has 0 aromatic carbocycles. The van der Waals surface area contributed by atoms with Gasteiger partial charge in [-0.2, -0.15) is 0 Å². The number of hydrogen-bond acceptors (Lipinski definition) is 2. The van der Waals surface area contributed by atoms with Crippen LogP contribution < -0.4 is 0 Å². The van der Waals surface area contributed by atoms with Crippen LogP contribution in [0.4, 0.5) is 0 Å². The van der Waals surface area contributed by atoms with Gasteiger partial charge in [-0.25, -0.2) is 0 Å². The molecule has 1 rings (SSSR count). The molecule has 0 radical (unpaired) electrons. The Kier molecular flexibility index (Phi) is 7.47. The Labute approximate surface area is 71.9 Å². The van der Waals surface area contributed by atoms with Gasteiger partial charge in [-0.3, -0.25) is 4.79 Å². The Bertz CT molecular complexity index is 109. The van der Waals surface area contributed by atoms with E-state index in [-0.39, 0.29) is 5.75 Å². The second kappa shape index (κ2) is 7.73. The second-order valence-electron chi connectivity index (χ2n) is 2.62. The van der Waals surface area contributed by atoms with E-state index in [1.807, 2.05) is 0 Å². The number of hydrogen-bond donors (Lipinski definition) is 0. The Morgan fingerprint density at radius 1 is 1.09 bits per heavy atom. The Morgan fingerprint density at radius 3 is 1.82 bits per heavy atom. The van der Waals surface area contributed by atoms with Crippen LogP contribution in [0.5, 0.6) is 0 Å². The van der Waals surface area contributed by atoms with E-state index in [9.17, 15) is 4.79 Å². The number of carbonyl (C=O) groups excluding carboxylic acids is 2. The van der Waals surface area contributed by atoms with Gasteiger partial charge in [0.05, 0.1) is 0 Å². The third-order valence-corrected chi connectivity index (χ3v) is 1.84. The highest BCUT2D eigenvalue weighted by Gasteiger charge is 2.10. The van der Waals surface area contributed by atoms with Crippen LogP contribution in [0, 0.1) is 5.92 Å². The molecular formula is C8H13ClO2. The molecule has 0 bridgehead atoms. The molecule has 11 heavy (non-hydrogen) atoms. The fraction of sp³-hybridized carbons (Fsp3) is 0.750. The summed E-state index contributed by atoms with van der Waals surface area (Å²) in [4.78, 5) is 18.7. The number of aldehydes is 1. The highest BCUT2D eigenvalue weighted by molar-refractivity contribution is 6.54. The monoisotopic (exact) mass is 176 g/mol. The highest BCUT2D eigenvalue weighted by atomic mass is 35.5. The van der Waals surface area contributed by atoms with Gasteiger partial charge < -0.3 is 4.79 Å². The predicted octanol–water partition coefficient (Wildman–Crippen LogP) is 2.18. The summed E-state index contributed by atoms with van der Waals surface area (Å²) < 4.78 is 0. The van der Waals surface area contributed by atoms with Gasteiger partial charge in [0, 0.05) is 5.92 Å². The van der Waals surface area contributed by atoms with Gasteiger partial charge in [-0.05, 0) is 24.4 Å². The Balaban J connectivity index is 0.000000292. The van der Waals surface area contributed by atoms with Crippen LogP contribution >= 0.6 is 11.6 Å². The molecule has 0 N–H and O–H groups in total. The van der Waals surface area contributed by atoms with Gasteiger partial charge in [-0.15, -0.1) is 0 Å². The lowest BCUT2D eigenvalue weighted by Gasteiger charge is -2.14. The topological polar surface area (TPSA) is 34.1 Å². The minimum Gasteiger partial charge on any atom is -0.303 e. The van der Waals surface area contributed by atoms with Crippen LogP contribution in [0.15, 0.2) is 0 Å². The zero-order chi connectivity index (χ0) is 8.53. The molecule has 2 nitrogen and oxygen atoms in total. The fourth-order valence-corrected chi connectivity index (χ4v) is 1.27. The van der Waals surface area contributed by atoms with Gasteiger partial charge in [-0.1, -0.05) is 19.3 Å². The van der Waals surface area contributed by atoms with Crippen LogP contribution in [-0.2, 0) is 9.59 Å². The zero-order valence-electron chi connectivity index (χ0n) is 6.46. The number of rotatable bonds is 1. The first-order valence-corrected chi connectivity index (χ1v) is 4.28. The standard InChI is InChI=1S/C7H12O.CHClO/c8-6-7-4-2-1-3-5-7;2-1-3/h6-7H,1-5H2;1H. The smallest absolute Gasteiger partial charge is 0.208 e. The molecule has 0 aromatic rings.